The molecule has 0 spiro atoms. The van der Waals surface area contributed by atoms with E-state index in [1.807, 2.05) is 4.98 Å². The van der Waals surface area contributed by atoms with Crippen molar-refractivity contribution in [2.24, 2.45) is 0 Å². The fourth-order valence-electron chi connectivity index (χ4n) is 1.44. The van der Waals surface area contributed by atoms with Gasteiger partial charge in [0.25, 0.3) is 11.5 Å². The molecule has 84 valence electrons. The molecule has 16 heavy (non-hydrogen) atoms. The lowest BCUT2D eigenvalue weighted by atomic mass is 10.1. The third kappa shape index (κ3) is 1.73. The van der Waals surface area contributed by atoms with E-state index in [1.54, 1.807) is 0 Å². The van der Waals surface area contributed by atoms with Gasteiger partial charge in [0.05, 0.1) is 10.9 Å². The second-order valence-electron chi connectivity index (χ2n) is 3.56. The summed E-state index contributed by atoms with van der Waals surface area (Å²) in [5.74, 6) is -3.01. The van der Waals surface area contributed by atoms with Gasteiger partial charge in [0, 0.05) is 12.5 Å². The summed E-state index contributed by atoms with van der Waals surface area (Å²) in [6.07, 6.45) is 0. The highest BCUT2D eigenvalue weighted by molar-refractivity contribution is 5.77. The molecule has 0 unspecified atom stereocenters. The fraction of sp³-hybridized carbons (Fsp3) is 0.200. The minimum Gasteiger partial charge on any atom is -0.307 e. The summed E-state index contributed by atoms with van der Waals surface area (Å²) >= 11 is 0. The van der Waals surface area contributed by atoms with E-state index in [4.69, 9.17) is 0 Å². The Labute approximate surface area is 87.9 Å². The van der Waals surface area contributed by atoms with E-state index in [2.05, 4.69) is 4.98 Å². The number of H-pyrrole nitrogens is 2. The topological polar surface area (TPSA) is 65.7 Å². The monoisotopic (exact) mass is 226 g/mol. The van der Waals surface area contributed by atoms with Gasteiger partial charge >= 0.3 is 5.69 Å². The number of nitrogens with one attached hydrogen (secondary N) is 2. The molecule has 0 atom stereocenters. The van der Waals surface area contributed by atoms with Crippen molar-refractivity contribution in [2.75, 3.05) is 0 Å². The van der Waals surface area contributed by atoms with Gasteiger partial charge in [-0.2, -0.15) is 0 Å². The summed E-state index contributed by atoms with van der Waals surface area (Å²) in [6.45, 7) is 0.749. The molecule has 2 rings (SSSR count). The largest absolute Gasteiger partial charge is 0.326 e. The number of halogens is 2. The van der Waals surface area contributed by atoms with Crippen molar-refractivity contribution in [3.05, 3.63) is 44.6 Å². The van der Waals surface area contributed by atoms with Crippen LogP contribution >= 0.6 is 0 Å². The third-order valence-corrected chi connectivity index (χ3v) is 2.25. The molecule has 0 aliphatic rings. The van der Waals surface area contributed by atoms with E-state index < -0.39 is 17.2 Å². The highest BCUT2D eigenvalue weighted by atomic mass is 19.3. The van der Waals surface area contributed by atoms with E-state index in [1.165, 1.54) is 6.07 Å². The molecule has 0 fully saturated rings. The minimum absolute atomic E-state index is 0.104. The van der Waals surface area contributed by atoms with Gasteiger partial charge in [0.2, 0.25) is 0 Å². The zero-order chi connectivity index (χ0) is 11.9. The predicted octanol–water partition coefficient (Wildman–Crippen LogP) is 1.33. The van der Waals surface area contributed by atoms with Gasteiger partial charge in [-0.1, -0.05) is 6.07 Å². The normalized spacial score (nSPS) is 11.9. The predicted molar refractivity (Wildman–Crippen MR) is 54.8 cm³/mol. The molecule has 0 aliphatic carbocycles. The van der Waals surface area contributed by atoms with Gasteiger partial charge in [-0.25, -0.2) is 13.6 Å². The van der Waals surface area contributed by atoms with Crippen LogP contribution < -0.4 is 11.2 Å². The molecule has 0 saturated heterocycles. The quantitative estimate of drug-likeness (QED) is 0.770. The Hall–Kier alpha value is -1.98. The number of alkyl halides is 2. The molecule has 2 aromatic rings. The summed E-state index contributed by atoms with van der Waals surface area (Å²) in [5.41, 5.74) is -1.45. The van der Waals surface area contributed by atoms with E-state index in [-0.39, 0.29) is 16.5 Å². The van der Waals surface area contributed by atoms with Gasteiger partial charge in [0.1, 0.15) is 0 Å². The minimum atomic E-state index is -3.01. The van der Waals surface area contributed by atoms with Crippen molar-refractivity contribution in [1.82, 2.24) is 9.97 Å². The SMILES string of the molecule is CC(F)(F)c1ccc2c(=O)[nH]c(=O)[nH]c2c1. The molecular formula is C10H8F2N2O2. The molecule has 0 bridgehead atoms. The first-order chi connectivity index (χ1) is 7.38. The van der Waals surface area contributed by atoms with Gasteiger partial charge in [0.15, 0.2) is 0 Å². The zero-order valence-corrected chi connectivity index (χ0v) is 8.30. The molecular weight excluding hydrogens is 218 g/mol. The molecule has 2 N–H and O–H groups in total. The standard InChI is InChI=1S/C10H8F2N2O2/c1-10(11,12)5-2-3-6-7(4-5)13-9(16)14-8(6)15/h2-4H,1H3,(H2,13,14,15,16). The number of hydrogen-bond acceptors (Lipinski definition) is 2. The van der Waals surface area contributed by atoms with Crippen molar-refractivity contribution in [3.8, 4) is 0 Å². The molecule has 0 radical (unpaired) electrons. The molecule has 4 nitrogen and oxygen atoms in total. The first-order valence-electron chi connectivity index (χ1n) is 4.52. The van der Waals surface area contributed by atoms with E-state index in [9.17, 15) is 18.4 Å². The van der Waals surface area contributed by atoms with Crippen LogP contribution in [-0.4, -0.2) is 9.97 Å². The summed E-state index contributed by atoms with van der Waals surface area (Å²) < 4.78 is 26.0. The van der Waals surface area contributed by atoms with Crippen molar-refractivity contribution >= 4 is 10.9 Å². The molecule has 0 aliphatic heterocycles. The van der Waals surface area contributed by atoms with Gasteiger partial charge in [-0.05, 0) is 12.1 Å². The number of benzene rings is 1. The number of hydrogen-bond donors (Lipinski definition) is 2. The maximum absolute atomic E-state index is 13.0. The molecule has 0 saturated carbocycles. The Morgan fingerprint density at radius 2 is 1.88 bits per heavy atom. The fourth-order valence-corrected chi connectivity index (χ4v) is 1.44. The second kappa shape index (κ2) is 3.26. The van der Waals surface area contributed by atoms with Crippen molar-refractivity contribution in [2.45, 2.75) is 12.8 Å². The van der Waals surface area contributed by atoms with Crippen molar-refractivity contribution in [3.63, 3.8) is 0 Å². The number of fused-ring (bicyclic) bond motifs is 1. The van der Waals surface area contributed by atoms with Gasteiger partial charge < -0.3 is 4.98 Å². The van der Waals surface area contributed by atoms with Gasteiger partial charge in [-0.15, -0.1) is 0 Å². The van der Waals surface area contributed by atoms with Crippen molar-refractivity contribution < 1.29 is 8.78 Å². The lowest BCUT2D eigenvalue weighted by molar-refractivity contribution is 0.0176. The first kappa shape index (κ1) is 10.5. The van der Waals surface area contributed by atoms with Crippen LogP contribution in [0.3, 0.4) is 0 Å². The smallest absolute Gasteiger partial charge is 0.307 e. The van der Waals surface area contributed by atoms with Crippen LogP contribution in [0.1, 0.15) is 12.5 Å². The average molecular weight is 226 g/mol. The molecule has 1 aromatic carbocycles. The maximum atomic E-state index is 13.0. The highest BCUT2D eigenvalue weighted by Crippen LogP contribution is 2.27. The molecule has 1 aromatic heterocycles. The summed E-state index contributed by atoms with van der Waals surface area (Å²) in [6, 6.07) is 3.53. The van der Waals surface area contributed by atoms with Crippen molar-refractivity contribution in [1.29, 1.82) is 0 Å². The van der Waals surface area contributed by atoms with Crippen LogP contribution in [-0.2, 0) is 5.92 Å². The van der Waals surface area contributed by atoms with E-state index in [0.717, 1.165) is 19.1 Å². The van der Waals surface area contributed by atoms with Crippen LogP contribution in [0.15, 0.2) is 27.8 Å². The number of rotatable bonds is 1. The lowest BCUT2D eigenvalue weighted by Gasteiger charge is -2.10. The maximum Gasteiger partial charge on any atom is 0.326 e. The Bertz CT molecular complexity index is 652. The van der Waals surface area contributed by atoms with Crippen LogP contribution in [0, 0.1) is 0 Å². The Balaban J connectivity index is 2.82. The zero-order valence-electron chi connectivity index (χ0n) is 8.30. The second-order valence-corrected chi connectivity index (χ2v) is 3.56. The Morgan fingerprint density at radius 1 is 1.19 bits per heavy atom. The van der Waals surface area contributed by atoms with Crippen LogP contribution in [0.25, 0.3) is 10.9 Å². The Kier molecular flexibility index (Phi) is 2.15. The number of aromatic nitrogens is 2. The molecule has 0 amide bonds. The highest BCUT2D eigenvalue weighted by Gasteiger charge is 2.24. The summed E-state index contributed by atoms with van der Waals surface area (Å²) in [7, 11) is 0. The van der Waals surface area contributed by atoms with Crippen LogP contribution in [0.2, 0.25) is 0 Å². The lowest BCUT2D eigenvalue weighted by Crippen LogP contribution is -2.22. The van der Waals surface area contributed by atoms with E-state index in [0.29, 0.717) is 0 Å². The summed E-state index contributed by atoms with van der Waals surface area (Å²) in [5, 5.41) is 0.174. The summed E-state index contributed by atoms with van der Waals surface area (Å²) in [4.78, 5) is 26.6. The van der Waals surface area contributed by atoms with Crippen LogP contribution in [0.4, 0.5) is 8.78 Å². The van der Waals surface area contributed by atoms with Gasteiger partial charge in [-0.3, -0.25) is 9.78 Å². The third-order valence-electron chi connectivity index (χ3n) is 2.25. The average Bonchev–Trinajstić information content (AvgIpc) is 2.15. The Morgan fingerprint density at radius 3 is 2.50 bits per heavy atom. The van der Waals surface area contributed by atoms with E-state index >= 15 is 0 Å². The first-order valence-corrected chi connectivity index (χ1v) is 4.52. The van der Waals surface area contributed by atoms with Crippen LogP contribution in [0.5, 0.6) is 0 Å². The molecule has 1 heterocycles. The number of aromatic amines is 2. The molecule has 6 heteroatoms.